The summed E-state index contributed by atoms with van der Waals surface area (Å²) in [6.07, 6.45) is 3.99. The lowest BCUT2D eigenvalue weighted by atomic mass is 9.83. The molecular formula is C19H18O2. The molecule has 0 bridgehead atoms. The van der Waals surface area contributed by atoms with Gasteiger partial charge in [-0.15, -0.1) is 0 Å². The van der Waals surface area contributed by atoms with Crippen LogP contribution in [0.3, 0.4) is 0 Å². The molecule has 0 amide bonds. The number of furan rings is 1. The predicted octanol–water partition coefficient (Wildman–Crippen LogP) is 4.59. The van der Waals surface area contributed by atoms with Crippen LogP contribution in [0.1, 0.15) is 24.5 Å². The second-order valence-electron chi connectivity index (χ2n) is 5.17. The smallest absolute Gasteiger partial charge is 0.114 e. The van der Waals surface area contributed by atoms with E-state index >= 15 is 0 Å². The Hall–Kier alpha value is -2.32. The highest BCUT2D eigenvalue weighted by atomic mass is 16.3. The molecule has 2 aromatic carbocycles. The Morgan fingerprint density at radius 1 is 0.905 bits per heavy atom. The van der Waals surface area contributed by atoms with E-state index in [9.17, 15) is 5.11 Å². The minimum Gasteiger partial charge on any atom is -0.472 e. The van der Waals surface area contributed by atoms with Crippen LogP contribution in [0.4, 0.5) is 0 Å². The summed E-state index contributed by atoms with van der Waals surface area (Å²) in [5.74, 6) is 0. The van der Waals surface area contributed by atoms with Gasteiger partial charge in [-0.25, -0.2) is 0 Å². The van der Waals surface area contributed by atoms with Crippen LogP contribution in [0.2, 0.25) is 0 Å². The zero-order valence-electron chi connectivity index (χ0n) is 12.0. The summed E-state index contributed by atoms with van der Waals surface area (Å²) < 4.78 is 5.14. The van der Waals surface area contributed by atoms with Crippen LogP contribution in [-0.2, 0) is 5.60 Å². The van der Waals surface area contributed by atoms with E-state index in [0.29, 0.717) is 6.42 Å². The van der Waals surface area contributed by atoms with E-state index in [1.807, 2.05) is 67.6 Å². The highest BCUT2D eigenvalue weighted by Gasteiger charge is 2.29. The number of rotatable bonds is 4. The van der Waals surface area contributed by atoms with Gasteiger partial charge in [-0.05, 0) is 35.2 Å². The fraction of sp³-hybridized carbons (Fsp3) is 0.158. The van der Waals surface area contributed by atoms with Crippen molar-refractivity contribution < 1.29 is 9.52 Å². The van der Waals surface area contributed by atoms with Gasteiger partial charge in [-0.3, -0.25) is 0 Å². The molecule has 1 aromatic heterocycles. The first-order valence-electron chi connectivity index (χ1n) is 7.15. The highest BCUT2D eigenvalue weighted by Crippen LogP contribution is 2.34. The predicted molar refractivity (Wildman–Crippen MR) is 83.9 cm³/mol. The fourth-order valence-corrected chi connectivity index (χ4v) is 2.67. The van der Waals surface area contributed by atoms with E-state index in [2.05, 4.69) is 0 Å². The first-order valence-corrected chi connectivity index (χ1v) is 7.15. The lowest BCUT2D eigenvalue weighted by Crippen LogP contribution is -2.26. The summed E-state index contributed by atoms with van der Waals surface area (Å²) in [7, 11) is 0. The fourth-order valence-electron chi connectivity index (χ4n) is 2.67. The Morgan fingerprint density at radius 3 is 2.33 bits per heavy atom. The molecular weight excluding hydrogens is 260 g/mol. The van der Waals surface area contributed by atoms with Crippen molar-refractivity contribution in [2.45, 2.75) is 18.9 Å². The molecule has 2 nitrogen and oxygen atoms in total. The van der Waals surface area contributed by atoms with Crippen molar-refractivity contribution in [1.82, 2.24) is 0 Å². The lowest BCUT2D eigenvalue weighted by molar-refractivity contribution is 0.0766. The van der Waals surface area contributed by atoms with E-state index in [1.165, 1.54) is 0 Å². The first kappa shape index (κ1) is 13.7. The van der Waals surface area contributed by atoms with Crippen LogP contribution in [0, 0.1) is 0 Å². The molecule has 0 aliphatic heterocycles. The first-order chi connectivity index (χ1) is 10.2. The molecule has 0 fully saturated rings. The van der Waals surface area contributed by atoms with Gasteiger partial charge in [0, 0.05) is 5.56 Å². The average Bonchev–Trinajstić information content (AvgIpc) is 3.09. The van der Waals surface area contributed by atoms with Gasteiger partial charge < -0.3 is 9.52 Å². The zero-order chi connectivity index (χ0) is 14.7. The molecule has 1 N–H and O–H groups in total. The molecule has 1 atom stereocenters. The van der Waals surface area contributed by atoms with Gasteiger partial charge in [0.25, 0.3) is 0 Å². The van der Waals surface area contributed by atoms with Crippen LogP contribution in [0.5, 0.6) is 0 Å². The third-order valence-corrected chi connectivity index (χ3v) is 3.96. The van der Waals surface area contributed by atoms with E-state index in [1.54, 1.807) is 12.5 Å². The van der Waals surface area contributed by atoms with Crippen molar-refractivity contribution >= 4 is 0 Å². The molecule has 1 heterocycles. The second-order valence-corrected chi connectivity index (χ2v) is 5.17. The zero-order valence-corrected chi connectivity index (χ0v) is 12.0. The second kappa shape index (κ2) is 5.58. The largest absolute Gasteiger partial charge is 0.472 e. The van der Waals surface area contributed by atoms with Crippen molar-refractivity contribution in [3.05, 3.63) is 84.3 Å². The van der Waals surface area contributed by atoms with Crippen LogP contribution in [0.15, 0.2) is 77.6 Å². The molecule has 0 saturated heterocycles. The summed E-state index contributed by atoms with van der Waals surface area (Å²) in [5.41, 5.74) is 2.90. The van der Waals surface area contributed by atoms with Gasteiger partial charge in [0.05, 0.1) is 12.5 Å². The van der Waals surface area contributed by atoms with E-state index in [-0.39, 0.29) is 0 Å². The van der Waals surface area contributed by atoms with Crippen LogP contribution in [0.25, 0.3) is 11.1 Å². The van der Waals surface area contributed by atoms with Crippen molar-refractivity contribution in [3.8, 4) is 11.1 Å². The molecule has 106 valence electrons. The van der Waals surface area contributed by atoms with Gasteiger partial charge in [0.2, 0.25) is 0 Å². The molecule has 0 saturated carbocycles. The summed E-state index contributed by atoms with van der Waals surface area (Å²) in [4.78, 5) is 0. The summed E-state index contributed by atoms with van der Waals surface area (Å²) in [6, 6.07) is 19.7. The molecule has 21 heavy (non-hydrogen) atoms. The van der Waals surface area contributed by atoms with Crippen molar-refractivity contribution in [1.29, 1.82) is 0 Å². The Balaban J connectivity index is 2.08. The number of hydrogen-bond acceptors (Lipinski definition) is 2. The van der Waals surface area contributed by atoms with Crippen molar-refractivity contribution in [3.63, 3.8) is 0 Å². The topological polar surface area (TPSA) is 33.4 Å². The summed E-state index contributed by atoms with van der Waals surface area (Å²) in [5, 5.41) is 11.2. The molecule has 0 radical (unpaired) electrons. The molecule has 0 spiro atoms. The van der Waals surface area contributed by atoms with Gasteiger partial charge in [0.1, 0.15) is 5.60 Å². The molecule has 3 rings (SSSR count). The standard InChI is InChI=1S/C19H18O2/c1-2-19(20,17-8-4-3-5-9-17)18-10-6-7-15(13-18)16-11-12-21-14-16/h3-14,20H,2H2,1H3. The number of aliphatic hydroxyl groups is 1. The highest BCUT2D eigenvalue weighted by molar-refractivity contribution is 5.63. The Kier molecular flexibility index (Phi) is 3.63. The SMILES string of the molecule is CCC(O)(c1ccccc1)c1cccc(-c2ccoc2)c1. The van der Waals surface area contributed by atoms with Crippen LogP contribution < -0.4 is 0 Å². The van der Waals surface area contributed by atoms with E-state index in [4.69, 9.17) is 4.42 Å². The Labute approximate surface area is 124 Å². The molecule has 1 unspecified atom stereocenters. The minimum atomic E-state index is -0.971. The molecule has 2 heteroatoms. The van der Waals surface area contributed by atoms with E-state index in [0.717, 1.165) is 22.3 Å². The number of benzene rings is 2. The van der Waals surface area contributed by atoms with Crippen LogP contribution in [-0.4, -0.2) is 5.11 Å². The lowest BCUT2D eigenvalue weighted by Gasteiger charge is -2.28. The quantitative estimate of drug-likeness (QED) is 0.757. The van der Waals surface area contributed by atoms with Crippen LogP contribution >= 0.6 is 0 Å². The Bertz CT molecular complexity index is 701. The van der Waals surface area contributed by atoms with Crippen molar-refractivity contribution in [2.75, 3.05) is 0 Å². The third kappa shape index (κ3) is 2.50. The van der Waals surface area contributed by atoms with E-state index < -0.39 is 5.60 Å². The average molecular weight is 278 g/mol. The molecule has 3 aromatic rings. The summed E-state index contributed by atoms with van der Waals surface area (Å²) in [6.45, 7) is 2.00. The maximum Gasteiger partial charge on any atom is 0.114 e. The van der Waals surface area contributed by atoms with Crippen molar-refractivity contribution in [2.24, 2.45) is 0 Å². The summed E-state index contributed by atoms with van der Waals surface area (Å²) >= 11 is 0. The minimum absolute atomic E-state index is 0.617. The number of hydrogen-bond donors (Lipinski definition) is 1. The van der Waals surface area contributed by atoms with Gasteiger partial charge >= 0.3 is 0 Å². The van der Waals surface area contributed by atoms with Gasteiger partial charge in [-0.2, -0.15) is 0 Å². The normalized spacial score (nSPS) is 13.8. The van der Waals surface area contributed by atoms with Gasteiger partial charge in [-0.1, -0.05) is 55.5 Å². The third-order valence-electron chi connectivity index (χ3n) is 3.96. The maximum absolute atomic E-state index is 11.2. The molecule has 0 aliphatic rings. The Morgan fingerprint density at radius 2 is 1.67 bits per heavy atom. The van der Waals surface area contributed by atoms with Gasteiger partial charge in [0.15, 0.2) is 0 Å². The maximum atomic E-state index is 11.2. The molecule has 0 aliphatic carbocycles. The monoisotopic (exact) mass is 278 g/mol.